The van der Waals surface area contributed by atoms with Gasteiger partial charge in [0.2, 0.25) is 0 Å². The topological polar surface area (TPSA) is 21.3 Å². The molecule has 1 aliphatic heterocycles. The summed E-state index contributed by atoms with van der Waals surface area (Å²) < 4.78 is 5.72. The molecule has 0 aromatic heterocycles. The molecule has 1 fully saturated rings. The molecule has 1 saturated heterocycles. The number of likely N-dealkylation sites (N-methyl/N-ethyl adjacent to an activating group) is 1. The van der Waals surface area contributed by atoms with Crippen LogP contribution in [0.4, 0.5) is 0 Å². The minimum Gasteiger partial charge on any atom is -0.378 e. The molecule has 2 rings (SSSR count). The van der Waals surface area contributed by atoms with Crippen molar-refractivity contribution in [3.05, 3.63) is 35.9 Å². The number of ether oxygens (including phenoxy) is 1. The fraction of sp³-hybridized carbons (Fsp3) is 0.667. The van der Waals surface area contributed by atoms with Crippen LogP contribution in [0.15, 0.2) is 30.3 Å². The monoisotopic (exact) mass is 275 g/mol. The van der Waals surface area contributed by atoms with Crippen molar-refractivity contribution in [1.82, 2.24) is 5.32 Å². The molecule has 0 aliphatic carbocycles. The maximum atomic E-state index is 5.72. The number of benzene rings is 1. The molecule has 1 aliphatic rings. The molecule has 1 heterocycles. The van der Waals surface area contributed by atoms with Crippen LogP contribution >= 0.6 is 0 Å². The predicted molar refractivity (Wildman–Crippen MR) is 85.1 cm³/mol. The summed E-state index contributed by atoms with van der Waals surface area (Å²) in [6, 6.07) is 11.5. The first-order chi connectivity index (χ1) is 9.85. The molecule has 0 bridgehead atoms. The second kappa shape index (κ2) is 8.43. The van der Waals surface area contributed by atoms with Crippen LogP contribution in [0.5, 0.6) is 0 Å². The molecule has 0 spiro atoms. The summed E-state index contributed by atoms with van der Waals surface area (Å²) in [4.78, 5) is 0. The van der Waals surface area contributed by atoms with Crippen molar-refractivity contribution < 1.29 is 4.74 Å². The molecule has 0 amide bonds. The maximum Gasteiger partial charge on any atom is 0.0576 e. The van der Waals surface area contributed by atoms with Crippen LogP contribution in [0.25, 0.3) is 0 Å². The lowest BCUT2D eigenvalue weighted by Gasteiger charge is -2.27. The second-order valence-corrected chi connectivity index (χ2v) is 5.89. The third-order valence-corrected chi connectivity index (χ3v) is 4.59. The smallest absolute Gasteiger partial charge is 0.0576 e. The van der Waals surface area contributed by atoms with Crippen LogP contribution in [0.1, 0.15) is 56.9 Å². The first kappa shape index (κ1) is 15.5. The van der Waals surface area contributed by atoms with Crippen molar-refractivity contribution in [3.63, 3.8) is 0 Å². The van der Waals surface area contributed by atoms with Crippen LogP contribution in [0, 0.1) is 0 Å². The Balaban J connectivity index is 1.85. The van der Waals surface area contributed by atoms with Crippen LogP contribution in [-0.2, 0) is 4.74 Å². The van der Waals surface area contributed by atoms with Crippen LogP contribution in [0.3, 0.4) is 0 Å². The van der Waals surface area contributed by atoms with Gasteiger partial charge in [-0.25, -0.2) is 0 Å². The van der Waals surface area contributed by atoms with E-state index in [0.29, 0.717) is 18.1 Å². The largest absolute Gasteiger partial charge is 0.378 e. The van der Waals surface area contributed by atoms with Gasteiger partial charge in [0.05, 0.1) is 6.10 Å². The minimum atomic E-state index is 0.532. The van der Waals surface area contributed by atoms with Gasteiger partial charge in [-0.1, -0.05) is 37.3 Å². The Kier molecular flexibility index (Phi) is 6.55. The van der Waals surface area contributed by atoms with Gasteiger partial charge in [0.1, 0.15) is 0 Å². The van der Waals surface area contributed by atoms with Crippen molar-refractivity contribution in [2.75, 3.05) is 13.7 Å². The van der Waals surface area contributed by atoms with Gasteiger partial charge < -0.3 is 10.1 Å². The normalized spacial score (nSPS) is 21.8. The molecule has 20 heavy (non-hydrogen) atoms. The molecule has 1 N–H and O–H groups in total. The lowest BCUT2D eigenvalue weighted by molar-refractivity contribution is 0.101. The van der Waals surface area contributed by atoms with Gasteiger partial charge in [-0.2, -0.15) is 0 Å². The van der Waals surface area contributed by atoms with E-state index < -0.39 is 0 Å². The second-order valence-electron chi connectivity index (χ2n) is 5.89. The molecule has 0 saturated carbocycles. The zero-order valence-corrected chi connectivity index (χ0v) is 13.0. The molecule has 112 valence electrons. The Labute approximate surface area is 123 Å². The van der Waals surface area contributed by atoms with Crippen molar-refractivity contribution in [2.45, 2.75) is 63.5 Å². The van der Waals surface area contributed by atoms with Crippen LogP contribution < -0.4 is 5.32 Å². The van der Waals surface area contributed by atoms with Crippen molar-refractivity contribution >= 4 is 0 Å². The first-order valence-corrected chi connectivity index (χ1v) is 8.19. The van der Waals surface area contributed by atoms with E-state index in [0.717, 1.165) is 6.61 Å². The average Bonchev–Trinajstić information content (AvgIpc) is 3.01. The van der Waals surface area contributed by atoms with E-state index >= 15 is 0 Å². The standard InChI is InChI=1S/C18H29NO/c1-3-17(15-9-5-4-6-10-15)18(19-2)13-7-11-16-12-8-14-20-16/h4-6,9-10,16-19H,3,7-8,11-14H2,1-2H3. The number of hydrogen-bond donors (Lipinski definition) is 1. The van der Waals surface area contributed by atoms with Crippen molar-refractivity contribution in [3.8, 4) is 0 Å². The summed E-state index contributed by atoms with van der Waals surface area (Å²) in [6.07, 6.45) is 7.97. The van der Waals surface area contributed by atoms with Gasteiger partial charge in [-0.05, 0) is 57.1 Å². The van der Waals surface area contributed by atoms with Crippen molar-refractivity contribution in [2.24, 2.45) is 0 Å². The fourth-order valence-electron chi connectivity index (χ4n) is 3.44. The Hall–Kier alpha value is -0.860. The molecule has 1 aromatic carbocycles. The quantitative estimate of drug-likeness (QED) is 0.770. The fourth-order valence-corrected chi connectivity index (χ4v) is 3.44. The molecule has 3 atom stereocenters. The number of hydrogen-bond acceptors (Lipinski definition) is 2. The highest BCUT2D eigenvalue weighted by molar-refractivity contribution is 5.21. The lowest BCUT2D eigenvalue weighted by Crippen LogP contribution is -2.32. The van der Waals surface area contributed by atoms with Crippen LogP contribution in [0.2, 0.25) is 0 Å². The SMILES string of the molecule is CCC(c1ccccc1)C(CCCC1CCCO1)NC. The summed E-state index contributed by atoms with van der Waals surface area (Å²) >= 11 is 0. The van der Waals surface area contributed by atoms with E-state index in [1.54, 1.807) is 0 Å². The highest BCUT2D eigenvalue weighted by Gasteiger charge is 2.21. The summed E-state index contributed by atoms with van der Waals surface area (Å²) in [5.41, 5.74) is 1.46. The van der Waals surface area contributed by atoms with E-state index in [-0.39, 0.29) is 0 Å². The Morgan fingerprint density at radius 2 is 2.10 bits per heavy atom. The highest BCUT2D eigenvalue weighted by atomic mass is 16.5. The van der Waals surface area contributed by atoms with E-state index in [4.69, 9.17) is 4.74 Å². The van der Waals surface area contributed by atoms with Crippen LogP contribution in [-0.4, -0.2) is 25.8 Å². The number of rotatable bonds is 8. The van der Waals surface area contributed by atoms with E-state index in [1.165, 1.54) is 44.1 Å². The summed E-state index contributed by atoms with van der Waals surface area (Å²) in [5.74, 6) is 0.616. The summed E-state index contributed by atoms with van der Waals surface area (Å²) in [5, 5.41) is 3.54. The summed E-state index contributed by atoms with van der Waals surface area (Å²) in [6.45, 7) is 3.27. The third kappa shape index (κ3) is 4.32. The molecular formula is C18H29NO. The molecule has 2 nitrogen and oxygen atoms in total. The molecule has 3 unspecified atom stereocenters. The van der Waals surface area contributed by atoms with Crippen molar-refractivity contribution in [1.29, 1.82) is 0 Å². The molecular weight excluding hydrogens is 246 g/mol. The van der Waals surface area contributed by atoms with Gasteiger partial charge in [0.25, 0.3) is 0 Å². The van der Waals surface area contributed by atoms with Gasteiger partial charge >= 0.3 is 0 Å². The maximum absolute atomic E-state index is 5.72. The first-order valence-electron chi connectivity index (χ1n) is 8.19. The van der Waals surface area contributed by atoms with E-state index in [9.17, 15) is 0 Å². The van der Waals surface area contributed by atoms with Gasteiger partial charge in [0.15, 0.2) is 0 Å². The average molecular weight is 275 g/mol. The minimum absolute atomic E-state index is 0.532. The Morgan fingerprint density at radius 1 is 1.30 bits per heavy atom. The molecule has 2 heteroatoms. The Morgan fingerprint density at radius 3 is 2.70 bits per heavy atom. The third-order valence-electron chi connectivity index (χ3n) is 4.59. The lowest BCUT2D eigenvalue weighted by atomic mass is 9.86. The Bertz CT molecular complexity index is 359. The van der Waals surface area contributed by atoms with Gasteiger partial charge in [0, 0.05) is 12.6 Å². The summed E-state index contributed by atoms with van der Waals surface area (Å²) in [7, 11) is 2.10. The highest BCUT2D eigenvalue weighted by Crippen LogP contribution is 2.27. The predicted octanol–water partition coefficient (Wildman–Crippen LogP) is 4.12. The number of nitrogens with one attached hydrogen (secondary N) is 1. The van der Waals surface area contributed by atoms with E-state index in [1.807, 2.05) is 0 Å². The molecule has 0 radical (unpaired) electrons. The van der Waals surface area contributed by atoms with Gasteiger partial charge in [-0.15, -0.1) is 0 Å². The van der Waals surface area contributed by atoms with Gasteiger partial charge in [-0.3, -0.25) is 0 Å². The zero-order chi connectivity index (χ0) is 14.2. The molecule has 1 aromatic rings. The zero-order valence-electron chi connectivity index (χ0n) is 13.0. The van der Waals surface area contributed by atoms with E-state index in [2.05, 4.69) is 49.6 Å².